The summed E-state index contributed by atoms with van der Waals surface area (Å²) in [4.78, 5) is 37.8. The van der Waals surface area contributed by atoms with Crippen LogP contribution in [-0.4, -0.2) is 37.5 Å². The lowest BCUT2D eigenvalue weighted by Crippen LogP contribution is -2.28. The zero-order valence-electron chi connectivity index (χ0n) is 14.7. The van der Waals surface area contributed by atoms with Gasteiger partial charge < -0.3 is 10.2 Å². The van der Waals surface area contributed by atoms with E-state index in [1.807, 2.05) is 0 Å². The molecule has 1 aromatic heterocycles. The van der Waals surface area contributed by atoms with Gasteiger partial charge in [0, 0.05) is 0 Å². The molecule has 0 radical (unpaired) electrons. The number of H-pyrrole nitrogens is 2. The number of hydrazone groups is 1. The van der Waals surface area contributed by atoms with Gasteiger partial charge in [0.25, 0.3) is 11.5 Å². The van der Waals surface area contributed by atoms with E-state index in [1.165, 1.54) is 24.4 Å². The number of nitrogens with zero attached hydrogens (tertiary/aromatic N) is 2. The van der Waals surface area contributed by atoms with E-state index >= 15 is 0 Å². The number of amides is 1. The van der Waals surface area contributed by atoms with Crippen LogP contribution in [0.4, 0.5) is 0 Å². The molecule has 0 fully saturated rings. The molecule has 29 heavy (non-hydrogen) atoms. The Morgan fingerprint density at radius 1 is 1.14 bits per heavy atom. The van der Waals surface area contributed by atoms with Crippen LogP contribution in [0.2, 0.25) is 0 Å². The highest BCUT2D eigenvalue weighted by Crippen LogP contribution is 2.32. The van der Waals surface area contributed by atoms with Gasteiger partial charge in [-0.25, -0.2) is 15.3 Å². The summed E-state index contributed by atoms with van der Waals surface area (Å²) in [5, 5.41) is 27.5. The SMILES string of the molecule is O=C(N/N=C\c1ccc(O)c(O)c1)C(Sc1n[nH]c(=O)[nH]c1=O)c1ccccc1. The summed E-state index contributed by atoms with van der Waals surface area (Å²) in [6, 6.07) is 12.7. The average molecular weight is 413 g/mol. The Kier molecular flexibility index (Phi) is 6.09. The molecule has 0 bridgehead atoms. The van der Waals surface area contributed by atoms with Crippen molar-refractivity contribution in [2.45, 2.75) is 10.3 Å². The van der Waals surface area contributed by atoms with Crippen molar-refractivity contribution in [1.29, 1.82) is 0 Å². The monoisotopic (exact) mass is 413 g/mol. The third-order valence-corrected chi connectivity index (χ3v) is 4.86. The smallest absolute Gasteiger partial charge is 0.342 e. The number of carbonyl (C=O) groups is 1. The summed E-state index contributed by atoms with van der Waals surface area (Å²) in [5.41, 5.74) is 1.95. The molecule has 11 heteroatoms. The highest BCUT2D eigenvalue weighted by molar-refractivity contribution is 8.00. The lowest BCUT2D eigenvalue weighted by atomic mass is 10.1. The van der Waals surface area contributed by atoms with Crippen LogP contribution in [0.1, 0.15) is 16.4 Å². The Morgan fingerprint density at radius 2 is 1.90 bits per heavy atom. The first-order valence-electron chi connectivity index (χ1n) is 8.19. The van der Waals surface area contributed by atoms with Gasteiger partial charge in [0.2, 0.25) is 0 Å². The summed E-state index contributed by atoms with van der Waals surface area (Å²) >= 11 is 0.852. The van der Waals surface area contributed by atoms with Crippen molar-refractivity contribution in [3.63, 3.8) is 0 Å². The Bertz CT molecular complexity index is 1160. The summed E-state index contributed by atoms with van der Waals surface area (Å²) in [6.45, 7) is 0. The minimum absolute atomic E-state index is 0.0824. The number of thioether (sulfide) groups is 1. The molecule has 0 spiro atoms. The third kappa shape index (κ3) is 5.11. The van der Waals surface area contributed by atoms with Gasteiger partial charge >= 0.3 is 5.69 Å². The standard InChI is InChI=1S/C18H15N5O5S/c24-12-7-6-10(8-13(12)25)9-19-21-15(26)14(11-4-2-1-3-5-11)29-17-16(27)20-18(28)23-22-17/h1-9,14,24-25H,(H,21,26)(H2,20,23,27,28)/b19-9-. The average Bonchev–Trinajstić information content (AvgIpc) is 2.70. The number of hydrogen-bond acceptors (Lipinski definition) is 8. The van der Waals surface area contributed by atoms with Crippen LogP contribution < -0.4 is 16.7 Å². The molecule has 1 unspecified atom stereocenters. The fourth-order valence-electron chi connectivity index (χ4n) is 2.28. The fourth-order valence-corrected chi connectivity index (χ4v) is 3.21. The predicted octanol–water partition coefficient (Wildman–Crippen LogP) is 0.853. The van der Waals surface area contributed by atoms with E-state index in [1.54, 1.807) is 30.3 Å². The Balaban J connectivity index is 1.80. The van der Waals surface area contributed by atoms with Crippen molar-refractivity contribution >= 4 is 23.9 Å². The van der Waals surface area contributed by atoms with Crippen LogP contribution in [0.3, 0.4) is 0 Å². The molecule has 0 saturated heterocycles. The summed E-state index contributed by atoms with van der Waals surface area (Å²) in [7, 11) is 0. The maximum atomic E-state index is 12.7. The molecule has 148 valence electrons. The first kappa shape index (κ1) is 19.9. The first-order valence-corrected chi connectivity index (χ1v) is 9.07. The van der Waals surface area contributed by atoms with Crippen LogP contribution >= 0.6 is 11.8 Å². The lowest BCUT2D eigenvalue weighted by molar-refractivity contribution is -0.120. The lowest BCUT2D eigenvalue weighted by Gasteiger charge is -2.14. The van der Waals surface area contributed by atoms with Crippen LogP contribution in [0.25, 0.3) is 0 Å². The molecule has 1 heterocycles. The van der Waals surface area contributed by atoms with Crippen LogP contribution in [0, 0.1) is 0 Å². The third-order valence-electron chi connectivity index (χ3n) is 3.64. The van der Waals surface area contributed by atoms with Gasteiger partial charge in [-0.2, -0.15) is 10.2 Å². The van der Waals surface area contributed by atoms with E-state index < -0.39 is 22.4 Å². The van der Waals surface area contributed by atoms with Gasteiger partial charge in [-0.05, 0) is 29.3 Å². The number of nitrogens with one attached hydrogen (secondary N) is 3. The van der Waals surface area contributed by atoms with Crippen molar-refractivity contribution in [1.82, 2.24) is 20.6 Å². The number of aromatic nitrogens is 3. The number of aromatic amines is 2. The number of carbonyl (C=O) groups excluding carboxylic acids is 1. The fraction of sp³-hybridized carbons (Fsp3) is 0.0556. The summed E-state index contributed by atoms with van der Waals surface area (Å²) < 4.78 is 0. The van der Waals surface area contributed by atoms with Crippen molar-refractivity contribution < 1.29 is 15.0 Å². The molecule has 10 nitrogen and oxygen atoms in total. The van der Waals surface area contributed by atoms with Crippen LogP contribution in [-0.2, 0) is 4.79 Å². The predicted molar refractivity (Wildman–Crippen MR) is 106 cm³/mol. The maximum Gasteiger partial charge on any atom is 0.342 e. The van der Waals surface area contributed by atoms with Crippen molar-refractivity contribution in [3.05, 3.63) is 80.5 Å². The van der Waals surface area contributed by atoms with E-state index in [9.17, 15) is 24.6 Å². The second kappa shape index (κ2) is 8.89. The minimum atomic E-state index is -0.874. The van der Waals surface area contributed by atoms with E-state index in [4.69, 9.17) is 0 Å². The van der Waals surface area contributed by atoms with Gasteiger partial charge in [0.15, 0.2) is 16.5 Å². The van der Waals surface area contributed by atoms with Gasteiger partial charge in [0.05, 0.1) is 6.21 Å². The van der Waals surface area contributed by atoms with Gasteiger partial charge in [-0.15, -0.1) is 0 Å². The number of rotatable bonds is 6. The molecule has 3 aromatic rings. The largest absolute Gasteiger partial charge is 0.504 e. The highest BCUT2D eigenvalue weighted by Gasteiger charge is 2.24. The van der Waals surface area contributed by atoms with Crippen molar-refractivity contribution in [2.24, 2.45) is 5.10 Å². The Labute approximate surface area is 167 Å². The number of phenolic OH excluding ortho intramolecular Hbond substituents is 2. The normalized spacial score (nSPS) is 12.0. The van der Waals surface area contributed by atoms with Gasteiger partial charge in [-0.3, -0.25) is 14.6 Å². The molecule has 0 saturated carbocycles. The summed E-state index contributed by atoms with van der Waals surface area (Å²) in [6.07, 6.45) is 1.29. The molecule has 2 aromatic carbocycles. The second-order valence-corrected chi connectivity index (χ2v) is 6.80. The van der Waals surface area contributed by atoms with E-state index in [-0.39, 0.29) is 16.5 Å². The molecule has 1 atom stereocenters. The zero-order chi connectivity index (χ0) is 20.8. The molecular formula is C18H15N5O5S. The quantitative estimate of drug-likeness (QED) is 0.173. The summed E-state index contributed by atoms with van der Waals surface area (Å²) in [5.74, 6) is -1.13. The number of aromatic hydroxyl groups is 2. The minimum Gasteiger partial charge on any atom is -0.504 e. The van der Waals surface area contributed by atoms with E-state index in [0.717, 1.165) is 11.8 Å². The molecule has 0 aliphatic rings. The number of hydrogen-bond donors (Lipinski definition) is 5. The molecule has 0 aliphatic heterocycles. The van der Waals surface area contributed by atoms with Crippen molar-refractivity contribution in [2.75, 3.05) is 0 Å². The number of phenols is 2. The van der Waals surface area contributed by atoms with Crippen LogP contribution in [0.5, 0.6) is 11.5 Å². The molecular weight excluding hydrogens is 398 g/mol. The highest BCUT2D eigenvalue weighted by atomic mass is 32.2. The molecule has 5 N–H and O–H groups in total. The van der Waals surface area contributed by atoms with Crippen molar-refractivity contribution in [3.8, 4) is 11.5 Å². The van der Waals surface area contributed by atoms with Gasteiger partial charge in [-0.1, -0.05) is 42.1 Å². The van der Waals surface area contributed by atoms with E-state index in [0.29, 0.717) is 11.1 Å². The Morgan fingerprint density at radius 3 is 2.59 bits per heavy atom. The molecule has 0 aliphatic carbocycles. The second-order valence-electron chi connectivity index (χ2n) is 5.70. The van der Waals surface area contributed by atoms with Gasteiger partial charge in [0.1, 0.15) is 5.25 Å². The molecule has 3 rings (SSSR count). The maximum absolute atomic E-state index is 12.7. The van der Waals surface area contributed by atoms with E-state index in [2.05, 4.69) is 25.7 Å². The number of benzene rings is 2. The first-order chi connectivity index (χ1) is 13.9. The topological polar surface area (TPSA) is 161 Å². The molecule has 1 amide bonds. The zero-order valence-corrected chi connectivity index (χ0v) is 15.5. The van der Waals surface area contributed by atoms with Crippen LogP contribution in [0.15, 0.2) is 68.2 Å². The Hall–Kier alpha value is -3.86.